The quantitative estimate of drug-likeness (QED) is 0.0941. The van der Waals surface area contributed by atoms with E-state index in [1.807, 2.05) is 0 Å². The molecule has 3 rings (SSSR count). The third-order valence-electron chi connectivity index (χ3n) is 6.89. The van der Waals surface area contributed by atoms with E-state index in [9.17, 15) is 55.9 Å². The van der Waals surface area contributed by atoms with Crippen molar-refractivity contribution < 1.29 is 89.4 Å². The molecule has 40 heavy (non-hydrogen) atoms. The van der Waals surface area contributed by atoms with Crippen LogP contribution in [0.2, 0.25) is 0 Å². The molecular formula is C22H38O18. The third-order valence-corrected chi connectivity index (χ3v) is 6.89. The second kappa shape index (κ2) is 14.8. The van der Waals surface area contributed by atoms with Gasteiger partial charge in [0.15, 0.2) is 18.9 Å². The maximum absolute atomic E-state index is 10.7. The lowest BCUT2D eigenvalue weighted by atomic mass is 9.96. The molecule has 0 amide bonds. The zero-order chi connectivity index (χ0) is 29.7. The Morgan fingerprint density at radius 2 is 1.00 bits per heavy atom. The van der Waals surface area contributed by atoms with E-state index in [0.29, 0.717) is 0 Å². The SMILES string of the molecule is O=C(O)CCCO[C@@H]1O[C@H](CO)[C@@H](O[C@@H]2O[C@H](CO)[C@H](O[C@H]3O[C@H](CO)[C@H](O)[C@H](O)[C@H]3O)[C@H](O)[C@H]2O)[C@H](O)[C@H]1O. The molecule has 15 atom stereocenters. The summed E-state index contributed by atoms with van der Waals surface area (Å²) in [7, 11) is 0. The van der Waals surface area contributed by atoms with Crippen molar-refractivity contribution in [3.05, 3.63) is 0 Å². The minimum atomic E-state index is -1.94. The van der Waals surface area contributed by atoms with Crippen LogP contribution >= 0.6 is 0 Å². The zero-order valence-electron chi connectivity index (χ0n) is 21.2. The van der Waals surface area contributed by atoms with Crippen LogP contribution in [0.25, 0.3) is 0 Å². The van der Waals surface area contributed by atoms with Crippen molar-refractivity contribution in [3.63, 3.8) is 0 Å². The van der Waals surface area contributed by atoms with Crippen LogP contribution in [0.4, 0.5) is 0 Å². The molecule has 3 aliphatic rings. The van der Waals surface area contributed by atoms with Crippen LogP contribution in [-0.2, 0) is 33.2 Å². The number of carboxylic acids is 1. The Morgan fingerprint density at radius 3 is 1.48 bits per heavy atom. The topological polar surface area (TPSA) is 295 Å². The highest BCUT2D eigenvalue weighted by molar-refractivity contribution is 5.66. The molecule has 3 fully saturated rings. The van der Waals surface area contributed by atoms with E-state index in [2.05, 4.69) is 0 Å². The highest BCUT2D eigenvalue weighted by Crippen LogP contribution is 2.32. The van der Waals surface area contributed by atoms with Crippen molar-refractivity contribution in [3.8, 4) is 0 Å². The van der Waals surface area contributed by atoms with Gasteiger partial charge in [-0.15, -0.1) is 0 Å². The van der Waals surface area contributed by atoms with Gasteiger partial charge in [-0.05, 0) is 6.42 Å². The molecule has 18 heteroatoms. The molecular weight excluding hydrogens is 552 g/mol. The number of hydrogen-bond donors (Lipinski definition) is 11. The lowest BCUT2D eigenvalue weighted by molar-refractivity contribution is -0.379. The van der Waals surface area contributed by atoms with Crippen molar-refractivity contribution in [1.29, 1.82) is 0 Å². The number of hydrogen-bond acceptors (Lipinski definition) is 17. The molecule has 18 nitrogen and oxygen atoms in total. The van der Waals surface area contributed by atoms with Crippen molar-refractivity contribution in [1.82, 2.24) is 0 Å². The van der Waals surface area contributed by atoms with Crippen LogP contribution < -0.4 is 0 Å². The summed E-state index contributed by atoms with van der Waals surface area (Å²) < 4.78 is 32.4. The first kappa shape index (κ1) is 33.3. The van der Waals surface area contributed by atoms with Gasteiger partial charge in [0.2, 0.25) is 0 Å². The monoisotopic (exact) mass is 590 g/mol. The summed E-state index contributed by atoms with van der Waals surface area (Å²) in [5.41, 5.74) is 0. The van der Waals surface area contributed by atoms with Gasteiger partial charge in [0.05, 0.1) is 26.4 Å². The summed E-state index contributed by atoms with van der Waals surface area (Å²) >= 11 is 0. The van der Waals surface area contributed by atoms with Gasteiger partial charge in [-0.3, -0.25) is 4.79 Å². The number of aliphatic hydroxyl groups is 10. The molecule has 234 valence electrons. The third kappa shape index (κ3) is 7.42. The van der Waals surface area contributed by atoms with E-state index < -0.39 is 118 Å². The molecule has 3 aliphatic heterocycles. The first-order valence-electron chi connectivity index (χ1n) is 12.6. The Balaban J connectivity index is 1.65. The summed E-state index contributed by atoms with van der Waals surface area (Å²) in [5, 5.41) is 110. The van der Waals surface area contributed by atoms with E-state index >= 15 is 0 Å². The minimum Gasteiger partial charge on any atom is -0.481 e. The van der Waals surface area contributed by atoms with Crippen molar-refractivity contribution >= 4 is 5.97 Å². The van der Waals surface area contributed by atoms with Crippen LogP contribution in [-0.4, -0.2) is 181 Å². The Kier molecular flexibility index (Phi) is 12.4. The van der Waals surface area contributed by atoms with Gasteiger partial charge in [-0.2, -0.15) is 0 Å². The van der Waals surface area contributed by atoms with Crippen molar-refractivity contribution in [2.24, 2.45) is 0 Å². The van der Waals surface area contributed by atoms with Gasteiger partial charge in [0.25, 0.3) is 0 Å². The highest BCUT2D eigenvalue weighted by atomic mass is 16.8. The predicted octanol–water partition coefficient (Wildman–Crippen LogP) is -6.68. The fraction of sp³-hybridized carbons (Fsp3) is 0.955. The average molecular weight is 591 g/mol. The van der Waals surface area contributed by atoms with E-state index in [0.717, 1.165) is 0 Å². The lowest BCUT2D eigenvalue weighted by Gasteiger charge is -2.48. The smallest absolute Gasteiger partial charge is 0.303 e. The molecule has 0 spiro atoms. The van der Waals surface area contributed by atoms with E-state index in [-0.39, 0.29) is 19.4 Å². The molecule has 0 unspecified atom stereocenters. The van der Waals surface area contributed by atoms with E-state index in [1.54, 1.807) is 0 Å². The van der Waals surface area contributed by atoms with Crippen molar-refractivity contribution in [2.75, 3.05) is 26.4 Å². The van der Waals surface area contributed by atoms with Crippen LogP contribution in [0.3, 0.4) is 0 Å². The minimum absolute atomic E-state index is 0.0800. The molecule has 11 N–H and O–H groups in total. The van der Waals surface area contributed by atoms with Crippen molar-refractivity contribution in [2.45, 2.75) is 105 Å². The number of rotatable bonds is 12. The Hall–Kier alpha value is -1.17. The predicted molar refractivity (Wildman–Crippen MR) is 122 cm³/mol. The van der Waals surface area contributed by atoms with E-state index in [4.69, 9.17) is 33.5 Å². The fourth-order valence-corrected chi connectivity index (χ4v) is 4.60. The Morgan fingerprint density at radius 1 is 0.575 bits per heavy atom. The molecule has 0 radical (unpaired) electrons. The van der Waals surface area contributed by atoms with E-state index in [1.165, 1.54) is 0 Å². The standard InChI is InChI=1S/C22H38O18/c23-4-7-11(28)12(29)15(32)21(36-7)39-19-9(6-25)38-22(17(34)14(19)31)40-18-8(5-24)37-20(16(33)13(18)30)35-3-1-2-10(26)27/h7-9,11-25,28-34H,1-6H2,(H,26,27)/t7-,8-,9-,11+,12+,13-,14-,15-,16-,17-,18-,19+,20-,21-,22+/m1/s1. The largest absolute Gasteiger partial charge is 0.481 e. The van der Waals surface area contributed by atoms with Gasteiger partial charge in [-0.1, -0.05) is 0 Å². The maximum atomic E-state index is 10.7. The second-order valence-corrected chi connectivity index (χ2v) is 9.68. The summed E-state index contributed by atoms with van der Waals surface area (Å²) in [4.78, 5) is 10.6. The Bertz CT molecular complexity index is 783. The summed E-state index contributed by atoms with van der Waals surface area (Å²) in [5.74, 6) is -1.06. The van der Waals surface area contributed by atoms with Gasteiger partial charge in [0, 0.05) is 6.42 Å². The van der Waals surface area contributed by atoms with Gasteiger partial charge < -0.3 is 84.6 Å². The number of aliphatic carboxylic acids is 1. The summed E-state index contributed by atoms with van der Waals surface area (Å²) in [6, 6.07) is 0. The van der Waals surface area contributed by atoms with Gasteiger partial charge in [0.1, 0.15) is 73.2 Å². The number of carboxylic acid groups (broad SMARTS) is 1. The first-order valence-corrected chi connectivity index (χ1v) is 12.6. The van der Waals surface area contributed by atoms with Crippen LogP contribution in [0.15, 0.2) is 0 Å². The number of aliphatic hydroxyl groups excluding tert-OH is 10. The second-order valence-electron chi connectivity index (χ2n) is 9.68. The zero-order valence-corrected chi connectivity index (χ0v) is 21.2. The molecule has 0 aliphatic carbocycles. The molecule has 0 aromatic carbocycles. The first-order chi connectivity index (χ1) is 18.9. The summed E-state index contributed by atoms with van der Waals surface area (Å²) in [6.07, 6.45) is -25.1. The average Bonchev–Trinajstić information content (AvgIpc) is 2.93. The normalized spacial score (nSPS) is 46.3. The number of ether oxygens (including phenoxy) is 6. The molecule has 0 saturated carbocycles. The molecule has 0 bridgehead atoms. The molecule has 3 heterocycles. The van der Waals surface area contributed by atoms with Crippen LogP contribution in [0.5, 0.6) is 0 Å². The molecule has 0 aromatic rings. The summed E-state index contributed by atoms with van der Waals surface area (Å²) in [6.45, 7) is -2.50. The highest BCUT2D eigenvalue weighted by Gasteiger charge is 2.53. The van der Waals surface area contributed by atoms with Gasteiger partial charge in [-0.25, -0.2) is 0 Å². The fourth-order valence-electron chi connectivity index (χ4n) is 4.60. The molecule has 3 saturated heterocycles. The number of carbonyl (C=O) groups is 1. The maximum Gasteiger partial charge on any atom is 0.303 e. The lowest BCUT2D eigenvalue weighted by Crippen LogP contribution is -2.66. The van der Waals surface area contributed by atoms with Crippen LogP contribution in [0.1, 0.15) is 12.8 Å². The van der Waals surface area contributed by atoms with Crippen LogP contribution in [0, 0.1) is 0 Å². The Labute approximate surface area is 227 Å². The molecule has 0 aromatic heterocycles. The van der Waals surface area contributed by atoms with Gasteiger partial charge >= 0.3 is 5.97 Å².